The van der Waals surface area contributed by atoms with Crippen LogP contribution in [0.4, 0.5) is 5.69 Å². The first kappa shape index (κ1) is 19.0. The van der Waals surface area contributed by atoms with E-state index in [2.05, 4.69) is 13.0 Å². The Balaban J connectivity index is 2.29. The van der Waals surface area contributed by atoms with Crippen LogP contribution in [0.5, 0.6) is 11.5 Å². The number of hydrogen-bond acceptors (Lipinski definition) is 5. The summed E-state index contributed by atoms with van der Waals surface area (Å²) in [5, 5.41) is 11.1. The fourth-order valence-corrected chi connectivity index (χ4v) is 2.61. The molecule has 0 saturated carbocycles. The van der Waals surface area contributed by atoms with Crippen LogP contribution in [-0.2, 0) is 17.8 Å². The van der Waals surface area contributed by atoms with Crippen molar-refractivity contribution in [1.29, 1.82) is 0 Å². The number of benzene rings is 2. The molecule has 134 valence electrons. The van der Waals surface area contributed by atoms with E-state index < -0.39 is 0 Å². The van der Waals surface area contributed by atoms with E-state index in [1.165, 1.54) is 19.8 Å². The number of hydrogen-bond donors (Lipinski definition) is 1. The number of anilines is 1. The Hall–Kier alpha value is -2.31. The highest BCUT2D eigenvalue weighted by molar-refractivity contribution is 7.80. The van der Waals surface area contributed by atoms with Crippen LogP contribution in [0.25, 0.3) is 0 Å². The van der Waals surface area contributed by atoms with Gasteiger partial charge in [0, 0.05) is 5.56 Å². The molecule has 0 unspecified atom stereocenters. The molecule has 6 heteroatoms. The number of thiocarbonyl (C=S) groups is 1. The summed E-state index contributed by atoms with van der Waals surface area (Å²) < 4.78 is 16.2. The van der Waals surface area contributed by atoms with Crippen molar-refractivity contribution >= 4 is 23.1 Å². The molecule has 2 rings (SSSR count). The molecule has 0 heterocycles. The first-order chi connectivity index (χ1) is 12.0. The molecule has 2 aromatic rings. The van der Waals surface area contributed by atoms with Gasteiger partial charge < -0.3 is 14.2 Å². The van der Waals surface area contributed by atoms with Crippen LogP contribution in [0.2, 0.25) is 0 Å². The van der Waals surface area contributed by atoms with Crippen LogP contribution in [0, 0.1) is 6.92 Å². The van der Waals surface area contributed by atoms with Crippen molar-refractivity contribution in [1.82, 2.24) is 0 Å². The third kappa shape index (κ3) is 4.41. The molecule has 1 N–H and O–H groups in total. The molecule has 0 saturated heterocycles. The zero-order valence-corrected chi connectivity index (χ0v) is 15.7. The van der Waals surface area contributed by atoms with Gasteiger partial charge in [-0.3, -0.25) is 5.21 Å². The van der Waals surface area contributed by atoms with Crippen molar-refractivity contribution < 1.29 is 19.4 Å². The van der Waals surface area contributed by atoms with Crippen molar-refractivity contribution in [3.05, 3.63) is 53.1 Å². The van der Waals surface area contributed by atoms with Gasteiger partial charge in [-0.15, -0.1) is 0 Å². The van der Waals surface area contributed by atoms with Crippen molar-refractivity contribution in [2.75, 3.05) is 19.3 Å². The number of nitrogens with zero attached hydrogens (tertiary/aromatic N) is 1. The number of aryl methyl sites for hydroxylation is 2. The zero-order chi connectivity index (χ0) is 18.4. The molecule has 0 aromatic heterocycles. The van der Waals surface area contributed by atoms with Gasteiger partial charge in [-0.05, 0) is 48.8 Å². The van der Waals surface area contributed by atoms with Gasteiger partial charge in [0.1, 0.15) is 23.8 Å². The highest BCUT2D eigenvalue weighted by Crippen LogP contribution is 2.33. The second-order valence-corrected chi connectivity index (χ2v) is 5.84. The smallest absolute Gasteiger partial charge is 0.288 e. The van der Waals surface area contributed by atoms with E-state index in [0.29, 0.717) is 11.4 Å². The van der Waals surface area contributed by atoms with Gasteiger partial charge in [0.2, 0.25) is 0 Å². The first-order valence-electron chi connectivity index (χ1n) is 7.97. The molecule has 0 amide bonds. The second kappa shape index (κ2) is 8.69. The zero-order valence-electron chi connectivity index (χ0n) is 14.9. The van der Waals surface area contributed by atoms with Crippen LogP contribution >= 0.6 is 12.2 Å². The fraction of sp³-hybridized carbons (Fsp3) is 0.316. The lowest BCUT2D eigenvalue weighted by Crippen LogP contribution is -2.28. The predicted molar refractivity (Wildman–Crippen MR) is 102 cm³/mol. The number of ether oxygens (including phenoxy) is 3. The Morgan fingerprint density at radius 2 is 1.92 bits per heavy atom. The summed E-state index contributed by atoms with van der Waals surface area (Å²) in [6.45, 7) is 4.38. The average molecular weight is 361 g/mol. The van der Waals surface area contributed by atoms with Gasteiger partial charge in [-0.25, -0.2) is 0 Å². The minimum Gasteiger partial charge on any atom is -0.494 e. The summed E-state index contributed by atoms with van der Waals surface area (Å²) in [5.74, 6) is 1.27. The monoisotopic (exact) mass is 361 g/mol. The van der Waals surface area contributed by atoms with Crippen LogP contribution in [0.3, 0.4) is 0 Å². The van der Waals surface area contributed by atoms with Gasteiger partial charge in [-0.2, -0.15) is 5.06 Å². The van der Waals surface area contributed by atoms with Gasteiger partial charge in [0.25, 0.3) is 5.17 Å². The molecule has 0 atom stereocenters. The van der Waals surface area contributed by atoms with Gasteiger partial charge in [-0.1, -0.05) is 31.2 Å². The van der Waals surface area contributed by atoms with Gasteiger partial charge in [0.05, 0.1) is 14.2 Å². The van der Waals surface area contributed by atoms with Crippen molar-refractivity contribution in [2.24, 2.45) is 0 Å². The normalized spacial score (nSPS) is 10.3. The third-order valence-electron chi connectivity index (χ3n) is 3.89. The van der Waals surface area contributed by atoms with Crippen LogP contribution in [0.15, 0.2) is 36.4 Å². The summed E-state index contributed by atoms with van der Waals surface area (Å²) >= 11 is 5.01. The minimum atomic E-state index is -0.0748. The van der Waals surface area contributed by atoms with E-state index in [1.54, 1.807) is 6.07 Å². The lowest BCUT2D eigenvalue weighted by Gasteiger charge is -2.22. The van der Waals surface area contributed by atoms with E-state index in [1.807, 2.05) is 31.2 Å². The van der Waals surface area contributed by atoms with Crippen LogP contribution in [-0.4, -0.2) is 24.6 Å². The van der Waals surface area contributed by atoms with Crippen molar-refractivity contribution in [2.45, 2.75) is 26.9 Å². The standard InChI is InChI=1S/C19H23NO4S/c1-5-14-9-10-16(13(2)11-14)24-12-15-7-6-8-17(22-3)18(15)20(21)19(25)23-4/h6-11,21H,5,12H2,1-4H3. The molecule has 5 nitrogen and oxygen atoms in total. The topological polar surface area (TPSA) is 51.2 Å². The van der Waals surface area contributed by atoms with Crippen LogP contribution < -0.4 is 14.5 Å². The molecule has 0 fully saturated rings. The van der Waals surface area contributed by atoms with E-state index in [9.17, 15) is 5.21 Å². The Kier molecular flexibility index (Phi) is 6.61. The summed E-state index contributed by atoms with van der Waals surface area (Å²) in [5.41, 5.74) is 3.45. The lowest BCUT2D eigenvalue weighted by atomic mass is 10.1. The molecule has 0 aliphatic rings. The fourth-order valence-electron chi connectivity index (χ4n) is 2.52. The van der Waals surface area contributed by atoms with Crippen LogP contribution in [0.1, 0.15) is 23.6 Å². The molecule has 2 aromatic carbocycles. The molecule has 0 aliphatic heterocycles. The molecule has 0 spiro atoms. The maximum atomic E-state index is 10.3. The second-order valence-electron chi connectivity index (χ2n) is 5.49. The van der Waals surface area contributed by atoms with E-state index in [4.69, 9.17) is 26.4 Å². The molecular weight excluding hydrogens is 338 g/mol. The van der Waals surface area contributed by atoms with Gasteiger partial charge >= 0.3 is 0 Å². The van der Waals surface area contributed by atoms with E-state index in [-0.39, 0.29) is 11.8 Å². The first-order valence-corrected chi connectivity index (χ1v) is 8.37. The number of methoxy groups -OCH3 is 2. The molecular formula is C19H23NO4S. The number of para-hydroxylation sites is 1. The summed E-state index contributed by atoms with van der Waals surface area (Å²) in [6.07, 6.45) is 0.981. The summed E-state index contributed by atoms with van der Waals surface area (Å²) in [7, 11) is 2.93. The maximum absolute atomic E-state index is 10.3. The van der Waals surface area contributed by atoms with E-state index in [0.717, 1.165) is 28.4 Å². The quantitative estimate of drug-likeness (QED) is 0.612. The van der Waals surface area contributed by atoms with Crippen molar-refractivity contribution in [3.63, 3.8) is 0 Å². The SMILES string of the molecule is CCc1ccc(OCc2cccc(OC)c2N(O)C(=S)OC)c(C)c1. The highest BCUT2D eigenvalue weighted by Gasteiger charge is 2.20. The lowest BCUT2D eigenvalue weighted by molar-refractivity contribution is 0.260. The highest BCUT2D eigenvalue weighted by atomic mass is 32.1. The predicted octanol–water partition coefficient (Wildman–Crippen LogP) is 4.27. The Labute approximate surface area is 153 Å². The summed E-state index contributed by atoms with van der Waals surface area (Å²) in [4.78, 5) is 0. The van der Waals surface area contributed by atoms with Gasteiger partial charge in [0.15, 0.2) is 0 Å². The number of rotatable bonds is 6. The molecule has 25 heavy (non-hydrogen) atoms. The Morgan fingerprint density at radius 3 is 2.52 bits per heavy atom. The molecule has 0 bridgehead atoms. The Morgan fingerprint density at radius 1 is 1.16 bits per heavy atom. The largest absolute Gasteiger partial charge is 0.494 e. The molecule has 0 radical (unpaired) electrons. The molecule has 0 aliphatic carbocycles. The third-order valence-corrected chi connectivity index (χ3v) is 4.23. The maximum Gasteiger partial charge on any atom is 0.288 e. The minimum absolute atomic E-state index is 0.0748. The summed E-state index contributed by atoms with van der Waals surface area (Å²) in [6, 6.07) is 11.5. The van der Waals surface area contributed by atoms with Crippen molar-refractivity contribution in [3.8, 4) is 11.5 Å². The Bertz CT molecular complexity index is 748. The van der Waals surface area contributed by atoms with E-state index >= 15 is 0 Å². The number of hydroxylamine groups is 1. The average Bonchev–Trinajstić information content (AvgIpc) is 2.65.